The van der Waals surface area contributed by atoms with Gasteiger partial charge in [-0.3, -0.25) is 14.8 Å². The Bertz CT molecular complexity index is 1140. The Balaban J connectivity index is 1.98. The lowest BCUT2D eigenvalue weighted by molar-refractivity contribution is 0.0897. The highest BCUT2D eigenvalue weighted by molar-refractivity contribution is 6.30. The first-order valence-electron chi connectivity index (χ1n) is 10.0. The van der Waals surface area contributed by atoms with E-state index in [-0.39, 0.29) is 24.0 Å². The Morgan fingerprint density at radius 1 is 1.25 bits per heavy atom. The van der Waals surface area contributed by atoms with Gasteiger partial charge >= 0.3 is 0 Å². The monoisotopic (exact) mass is 454 g/mol. The summed E-state index contributed by atoms with van der Waals surface area (Å²) in [5, 5.41) is 16.0. The molecule has 2 aromatic heterocycles. The van der Waals surface area contributed by atoms with Gasteiger partial charge in [0.05, 0.1) is 29.6 Å². The molecule has 0 saturated carbocycles. The predicted octanol–water partition coefficient (Wildman–Crippen LogP) is 5.07. The van der Waals surface area contributed by atoms with E-state index < -0.39 is 11.9 Å². The van der Waals surface area contributed by atoms with Gasteiger partial charge in [-0.1, -0.05) is 38.1 Å². The number of anilines is 2. The van der Waals surface area contributed by atoms with Gasteiger partial charge in [-0.05, 0) is 36.2 Å². The van der Waals surface area contributed by atoms with Crippen molar-refractivity contribution in [1.82, 2.24) is 15.3 Å². The van der Waals surface area contributed by atoms with E-state index in [2.05, 4.69) is 27.2 Å². The van der Waals surface area contributed by atoms with Crippen molar-refractivity contribution in [2.45, 2.75) is 19.9 Å². The van der Waals surface area contributed by atoms with Gasteiger partial charge in [0.15, 0.2) is 0 Å². The minimum Gasteiger partial charge on any atom is -0.394 e. The molecule has 1 unspecified atom stereocenters. The number of aliphatic hydroxyl groups excluding tert-OH is 1. The Kier molecular flexibility index (Phi) is 7.56. The molecule has 0 aliphatic rings. The molecule has 166 valence electrons. The standard InChI is InChI=1S/C24H24ClFN4O2/c1-4-15-11-28-22(17-9-16(25)5-6-19(17)26)10-21(15)29-20-7-8-27-12-18(20)24(32)30-23(13-31)14(2)3/h4-12,14,23,31H,1,13H2,2-3H3,(H,30,32)(H,27,28,29). The Labute approximate surface area is 191 Å². The second kappa shape index (κ2) is 10.3. The molecule has 0 bridgehead atoms. The maximum atomic E-state index is 14.4. The van der Waals surface area contributed by atoms with Crippen LogP contribution in [0.3, 0.4) is 0 Å². The van der Waals surface area contributed by atoms with Gasteiger partial charge in [0.1, 0.15) is 5.82 Å². The molecule has 0 spiro atoms. The van der Waals surface area contributed by atoms with Crippen LogP contribution in [-0.4, -0.2) is 33.6 Å². The van der Waals surface area contributed by atoms with Crippen LogP contribution < -0.4 is 10.6 Å². The van der Waals surface area contributed by atoms with Crippen LogP contribution in [-0.2, 0) is 0 Å². The van der Waals surface area contributed by atoms with Crippen LogP contribution >= 0.6 is 11.6 Å². The topological polar surface area (TPSA) is 87.1 Å². The maximum Gasteiger partial charge on any atom is 0.255 e. The number of pyridine rings is 2. The molecule has 1 aromatic carbocycles. The Hall–Kier alpha value is -3.29. The zero-order chi connectivity index (χ0) is 23.3. The van der Waals surface area contributed by atoms with E-state index in [1.165, 1.54) is 24.4 Å². The average Bonchev–Trinajstić information content (AvgIpc) is 2.79. The molecule has 0 saturated heterocycles. The highest BCUT2D eigenvalue weighted by atomic mass is 35.5. The zero-order valence-corrected chi connectivity index (χ0v) is 18.5. The lowest BCUT2D eigenvalue weighted by Gasteiger charge is -2.21. The third-order valence-electron chi connectivity index (χ3n) is 5.01. The van der Waals surface area contributed by atoms with Crippen LogP contribution in [0.25, 0.3) is 17.3 Å². The average molecular weight is 455 g/mol. The van der Waals surface area contributed by atoms with Crippen molar-refractivity contribution in [2.24, 2.45) is 5.92 Å². The molecule has 3 rings (SSSR count). The second-order valence-corrected chi connectivity index (χ2v) is 7.97. The number of nitrogens with one attached hydrogen (secondary N) is 2. The van der Waals surface area contributed by atoms with Gasteiger partial charge in [0.2, 0.25) is 0 Å². The molecule has 3 N–H and O–H groups in total. The quantitative estimate of drug-likeness (QED) is 0.442. The molecule has 0 radical (unpaired) electrons. The SMILES string of the molecule is C=Cc1cnc(-c2cc(Cl)ccc2F)cc1Nc1ccncc1C(=O)NC(CO)C(C)C. The molecule has 1 atom stereocenters. The van der Waals surface area contributed by atoms with E-state index in [4.69, 9.17) is 11.6 Å². The smallest absolute Gasteiger partial charge is 0.255 e. The van der Waals surface area contributed by atoms with Crippen molar-refractivity contribution in [2.75, 3.05) is 11.9 Å². The molecule has 6 nitrogen and oxygen atoms in total. The highest BCUT2D eigenvalue weighted by Crippen LogP contribution is 2.30. The fourth-order valence-corrected chi connectivity index (χ4v) is 3.25. The van der Waals surface area contributed by atoms with Crippen LogP contribution in [0.15, 0.2) is 55.5 Å². The van der Waals surface area contributed by atoms with Crippen molar-refractivity contribution in [3.8, 4) is 11.3 Å². The van der Waals surface area contributed by atoms with Gasteiger partial charge in [0, 0.05) is 40.4 Å². The summed E-state index contributed by atoms with van der Waals surface area (Å²) in [4.78, 5) is 21.2. The number of benzene rings is 1. The van der Waals surface area contributed by atoms with Crippen LogP contribution in [0.2, 0.25) is 5.02 Å². The van der Waals surface area contributed by atoms with E-state index in [9.17, 15) is 14.3 Å². The number of carbonyl (C=O) groups is 1. The lowest BCUT2D eigenvalue weighted by atomic mass is 10.0. The zero-order valence-electron chi connectivity index (χ0n) is 17.8. The molecule has 0 aliphatic heterocycles. The molecular weight excluding hydrogens is 431 g/mol. The minimum absolute atomic E-state index is 0.0553. The van der Waals surface area contributed by atoms with E-state index in [0.717, 1.165) is 0 Å². The second-order valence-electron chi connectivity index (χ2n) is 7.54. The summed E-state index contributed by atoms with van der Waals surface area (Å²) in [7, 11) is 0. The molecule has 32 heavy (non-hydrogen) atoms. The van der Waals surface area contributed by atoms with Gasteiger partial charge in [-0.2, -0.15) is 0 Å². The van der Waals surface area contributed by atoms with E-state index in [0.29, 0.717) is 33.2 Å². The summed E-state index contributed by atoms with van der Waals surface area (Å²) >= 11 is 6.03. The summed E-state index contributed by atoms with van der Waals surface area (Å²) in [5.74, 6) is -0.768. The Morgan fingerprint density at radius 3 is 2.72 bits per heavy atom. The molecule has 2 heterocycles. The largest absolute Gasteiger partial charge is 0.394 e. The molecule has 8 heteroatoms. The molecule has 1 amide bonds. The van der Waals surface area contributed by atoms with Crippen molar-refractivity contribution >= 4 is 35.0 Å². The number of hydrogen-bond acceptors (Lipinski definition) is 5. The first-order valence-corrected chi connectivity index (χ1v) is 10.4. The number of rotatable bonds is 8. The number of aliphatic hydroxyl groups is 1. The first kappa shape index (κ1) is 23.4. The third-order valence-corrected chi connectivity index (χ3v) is 5.25. The lowest BCUT2D eigenvalue weighted by Crippen LogP contribution is -2.41. The van der Waals surface area contributed by atoms with Crippen molar-refractivity contribution in [3.63, 3.8) is 0 Å². The minimum atomic E-state index is -0.452. The van der Waals surface area contributed by atoms with E-state index >= 15 is 0 Å². The maximum absolute atomic E-state index is 14.4. The normalized spacial score (nSPS) is 11.8. The van der Waals surface area contributed by atoms with Crippen LogP contribution in [0.5, 0.6) is 0 Å². The van der Waals surface area contributed by atoms with Crippen LogP contribution in [0.1, 0.15) is 29.8 Å². The van der Waals surface area contributed by atoms with Gasteiger partial charge in [0.25, 0.3) is 5.91 Å². The number of hydrogen-bond donors (Lipinski definition) is 3. The summed E-state index contributed by atoms with van der Waals surface area (Å²) in [6.45, 7) is 7.45. The summed E-state index contributed by atoms with van der Waals surface area (Å²) in [6.07, 6.45) is 6.16. The first-order chi connectivity index (χ1) is 15.3. The van der Waals surface area contributed by atoms with Crippen molar-refractivity contribution < 1.29 is 14.3 Å². The molecule has 0 aliphatic carbocycles. The van der Waals surface area contributed by atoms with Gasteiger partial charge in [-0.25, -0.2) is 4.39 Å². The fraction of sp³-hybridized carbons (Fsp3) is 0.208. The van der Waals surface area contributed by atoms with Crippen molar-refractivity contribution in [1.29, 1.82) is 0 Å². The van der Waals surface area contributed by atoms with Gasteiger partial charge in [-0.15, -0.1) is 0 Å². The number of halogens is 2. The fourth-order valence-electron chi connectivity index (χ4n) is 3.08. The number of carbonyl (C=O) groups excluding carboxylic acids is 1. The van der Waals surface area contributed by atoms with Crippen LogP contribution in [0, 0.1) is 11.7 Å². The third kappa shape index (κ3) is 5.30. The summed E-state index contributed by atoms with van der Waals surface area (Å²) in [5.41, 5.74) is 2.66. The van der Waals surface area contributed by atoms with Crippen molar-refractivity contribution in [3.05, 3.63) is 77.5 Å². The van der Waals surface area contributed by atoms with E-state index in [1.54, 1.807) is 30.6 Å². The number of amides is 1. The van der Waals surface area contributed by atoms with Gasteiger partial charge < -0.3 is 15.7 Å². The molecule has 0 fully saturated rings. The number of aromatic nitrogens is 2. The predicted molar refractivity (Wildman–Crippen MR) is 125 cm³/mol. The Morgan fingerprint density at radius 2 is 2.03 bits per heavy atom. The highest BCUT2D eigenvalue weighted by Gasteiger charge is 2.19. The summed E-state index contributed by atoms with van der Waals surface area (Å²) < 4.78 is 14.4. The molecular formula is C24H24ClFN4O2. The summed E-state index contributed by atoms with van der Waals surface area (Å²) in [6, 6.07) is 7.19. The van der Waals surface area contributed by atoms with Crippen LogP contribution in [0.4, 0.5) is 15.8 Å². The number of nitrogens with zero attached hydrogens (tertiary/aromatic N) is 2. The van der Waals surface area contributed by atoms with E-state index in [1.807, 2.05) is 13.8 Å². The molecule has 3 aromatic rings.